The van der Waals surface area contributed by atoms with Gasteiger partial charge >= 0.3 is 0 Å². The van der Waals surface area contributed by atoms with Crippen LogP contribution in [0.5, 0.6) is 0 Å². The number of hydrogen-bond acceptors (Lipinski definition) is 3. The highest BCUT2D eigenvalue weighted by atomic mass is 16.3. The Morgan fingerprint density at radius 3 is 2.67 bits per heavy atom. The lowest BCUT2D eigenvalue weighted by molar-refractivity contribution is -0.122. The number of hydrogen-bond donors (Lipinski definition) is 3. The Hall–Kier alpha value is -0.610. The van der Waals surface area contributed by atoms with Crippen molar-refractivity contribution >= 4 is 5.91 Å². The summed E-state index contributed by atoms with van der Waals surface area (Å²) in [6.07, 6.45) is 6.95. The first-order valence-corrected chi connectivity index (χ1v) is 7.34. The SMILES string of the molecule is CC(O)CCCNC(=O)CC1CC2CCC(C1)N2. The molecule has 2 fully saturated rings. The van der Waals surface area contributed by atoms with Gasteiger partial charge in [-0.05, 0) is 51.4 Å². The van der Waals surface area contributed by atoms with Crippen molar-refractivity contribution in [2.45, 2.75) is 70.1 Å². The standard InChI is InChI=1S/C14H26N2O2/c1-10(17)3-2-6-15-14(18)9-11-7-12-4-5-13(8-11)16-12/h10-13,16-17H,2-9H2,1H3,(H,15,18). The van der Waals surface area contributed by atoms with E-state index in [4.69, 9.17) is 5.11 Å². The highest BCUT2D eigenvalue weighted by molar-refractivity contribution is 5.76. The third-order valence-electron chi connectivity index (χ3n) is 4.17. The van der Waals surface area contributed by atoms with Gasteiger partial charge in [-0.25, -0.2) is 0 Å². The van der Waals surface area contributed by atoms with Crippen LogP contribution in [0, 0.1) is 5.92 Å². The fraction of sp³-hybridized carbons (Fsp3) is 0.929. The van der Waals surface area contributed by atoms with Gasteiger partial charge in [-0.2, -0.15) is 0 Å². The molecule has 2 heterocycles. The molecule has 2 saturated heterocycles. The number of carbonyl (C=O) groups is 1. The van der Waals surface area contributed by atoms with Crippen molar-refractivity contribution in [3.8, 4) is 0 Å². The van der Waals surface area contributed by atoms with Crippen LogP contribution in [0.25, 0.3) is 0 Å². The van der Waals surface area contributed by atoms with Crippen molar-refractivity contribution in [2.75, 3.05) is 6.54 Å². The molecule has 3 unspecified atom stereocenters. The summed E-state index contributed by atoms with van der Waals surface area (Å²) in [6, 6.07) is 1.33. The van der Waals surface area contributed by atoms with Crippen LogP contribution in [-0.2, 0) is 4.79 Å². The number of piperidine rings is 1. The minimum atomic E-state index is -0.262. The van der Waals surface area contributed by atoms with Crippen LogP contribution < -0.4 is 10.6 Å². The number of rotatable bonds is 6. The molecule has 2 aliphatic rings. The molecular weight excluding hydrogens is 228 g/mol. The number of nitrogens with one attached hydrogen (secondary N) is 2. The second-order valence-corrected chi connectivity index (χ2v) is 6.02. The maximum absolute atomic E-state index is 11.8. The Morgan fingerprint density at radius 1 is 1.39 bits per heavy atom. The summed E-state index contributed by atoms with van der Waals surface area (Å²) in [5.41, 5.74) is 0. The summed E-state index contributed by atoms with van der Waals surface area (Å²) in [5, 5.41) is 15.7. The summed E-state index contributed by atoms with van der Waals surface area (Å²) < 4.78 is 0. The van der Waals surface area contributed by atoms with E-state index in [-0.39, 0.29) is 12.0 Å². The molecule has 0 spiro atoms. The number of carbonyl (C=O) groups excluding carboxylic acids is 1. The van der Waals surface area contributed by atoms with Gasteiger partial charge in [0.15, 0.2) is 0 Å². The summed E-state index contributed by atoms with van der Waals surface area (Å²) >= 11 is 0. The van der Waals surface area contributed by atoms with Gasteiger partial charge < -0.3 is 15.7 Å². The summed E-state index contributed by atoms with van der Waals surface area (Å²) in [7, 11) is 0. The lowest BCUT2D eigenvalue weighted by atomic mass is 9.89. The zero-order valence-electron chi connectivity index (χ0n) is 11.3. The van der Waals surface area contributed by atoms with Crippen molar-refractivity contribution < 1.29 is 9.90 Å². The molecule has 4 heteroatoms. The summed E-state index contributed by atoms with van der Waals surface area (Å²) in [5.74, 6) is 0.757. The quantitative estimate of drug-likeness (QED) is 0.624. The zero-order valence-corrected chi connectivity index (χ0v) is 11.3. The maximum Gasteiger partial charge on any atom is 0.220 e. The molecule has 0 aromatic heterocycles. The van der Waals surface area contributed by atoms with Crippen molar-refractivity contribution in [3.05, 3.63) is 0 Å². The molecule has 2 aliphatic heterocycles. The van der Waals surface area contributed by atoms with Gasteiger partial charge in [0.25, 0.3) is 0 Å². The molecule has 0 radical (unpaired) electrons. The predicted molar refractivity (Wildman–Crippen MR) is 71.2 cm³/mol. The number of amides is 1. The summed E-state index contributed by atoms with van der Waals surface area (Å²) in [4.78, 5) is 11.8. The van der Waals surface area contributed by atoms with Gasteiger partial charge in [0.05, 0.1) is 6.10 Å². The molecular formula is C14H26N2O2. The van der Waals surface area contributed by atoms with Crippen molar-refractivity contribution in [2.24, 2.45) is 5.92 Å². The molecule has 3 atom stereocenters. The minimum absolute atomic E-state index is 0.187. The Balaban J connectivity index is 1.59. The van der Waals surface area contributed by atoms with Crippen molar-refractivity contribution in [3.63, 3.8) is 0 Å². The van der Waals surface area contributed by atoms with E-state index in [2.05, 4.69) is 10.6 Å². The van der Waals surface area contributed by atoms with Crippen LogP contribution in [0.15, 0.2) is 0 Å². The van der Waals surface area contributed by atoms with Crippen LogP contribution in [0.2, 0.25) is 0 Å². The molecule has 0 aromatic rings. The number of aliphatic hydroxyl groups excluding tert-OH is 1. The molecule has 2 bridgehead atoms. The molecule has 4 nitrogen and oxygen atoms in total. The predicted octanol–water partition coefficient (Wildman–Crippen LogP) is 1.18. The molecule has 1 amide bonds. The topological polar surface area (TPSA) is 61.4 Å². The van der Waals surface area contributed by atoms with Crippen molar-refractivity contribution in [1.29, 1.82) is 0 Å². The first-order valence-electron chi connectivity index (χ1n) is 7.34. The Kier molecular flexibility index (Phi) is 5.01. The van der Waals surface area contributed by atoms with Gasteiger partial charge in [-0.1, -0.05) is 0 Å². The molecule has 2 rings (SSSR count). The van der Waals surface area contributed by atoms with E-state index < -0.39 is 0 Å². The van der Waals surface area contributed by atoms with Crippen LogP contribution in [0.1, 0.15) is 51.9 Å². The molecule has 18 heavy (non-hydrogen) atoms. The van der Waals surface area contributed by atoms with E-state index in [0.717, 1.165) is 25.7 Å². The fourth-order valence-electron chi connectivity index (χ4n) is 3.30. The lowest BCUT2D eigenvalue weighted by Crippen LogP contribution is -2.39. The molecule has 3 N–H and O–H groups in total. The Morgan fingerprint density at radius 2 is 2.06 bits per heavy atom. The van der Waals surface area contributed by atoms with Crippen molar-refractivity contribution in [1.82, 2.24) is 10.6 Å². The third kappa shape index (κ3) is 4.25. The number of fused-ring (bicyclic) bond motifs is 2. The average Bonchev–Trinajstić information content (AvgIpc) is 2.64. The van der Waals surface area contributed by atoms with Crippen LogP contribution in [0.4, 0.5) is 0 Å². The Labute approximate surface area is 110 Å². The van der Waals surface area contributed by atoms with E-state index in [0.29, 0.717) is 31.0 Å². The van der Waals surface area contributed by atoms with Gasteiger partial charge in [0, 0.05) is 25.0 Å². The van der Waals surface area contributed by atoms with E-state index >= 15 is 0 Å². The van der Waals surface area contributed by atoms with Crippen LogP contribution in [0.3, 0.4) is 0 Å². The van der Waals surface area contributed by atoms with Gasteiger partial charge in [-0.15, -0.1) is 0 Å². The number of aliphatic hydroxyl groups is 1. The van der Waals surface area contributed by atoms with Gasteiger partial charge in [-0.3, -0.25) is 4.79 Å². The maximum atomic E-state index is 11.8. The van der Waals surface area contributed by atoms with E-state index in [9.17, 15) is 4.79 Å². The Bertz CT molecular complexity index is 269. The smallest absolute Gasteiger partial charge is 0.220 e. The third-order valence-corrected chi connectivity index (χ3v) is 4.17. The average molecular weight is 254 g/mol. The second kappa shape index (κ2) is 6.53. The van der Waals surface area contributed by atoms with Gasteiger partial charge in [0.1, 0.15) is 0 Å². The highest BCUT2D eigenvalue weighted by Gasteiger charge is 2.33. The van der Waals surface area contributed by atoms with E-state index in [1.807, 2.05) is 0 Å². The normalized spacial score (nSPS) is 32.2. The molecule has 0 aromatic carbocycles. The first kappa shape index (κ1) is 13.8. The zero-order chi connectivity index (χ0) is 13.0. The summed E-state index contributed by atoms with van der Waals surface area (Å²) in [6.45, 7) is 2.48. The first-order chi connectivity index (χ1) is 8.63. The minimum Gasteiger partial charge on any atom is -0.393 e. The fourth-order valence-corrected chi connectivity index (χ4v) is 3.30. The van der Waals surface area contributed by atoms with Crippen LogP contribution >= 0.6 is 0 Å². The monoisotopic (exact) mass is 254 g/mol. The molecule has 0 saturated carbocycles. The van der Waals surface area contributed by atoms with E-state index in [1.165, 1.54) is 12.8 Å². The largest absolute Gasteiger partial charge is 0.393 e. The van der Waals surface area contributed by atoms with Gasteiger partial charge in [0.2, 0.25) is 5.91 Å². The molecule has 0 aliphatic carbocycles. The second-order valence-electron chi connectivity index (χ2n) is 6.02. The van der Waals surface area contributed by atoms with Crippen LogP contribution in [-0.4, -0.2) is 35.7 Å². The highest BCUT2D eigenvalue weighted by Crippen LogP contribution is 2.32. The van der Waals surface area contributed by atoms with E-state index in [1.54, 1.807) is 6.92 Å². The lowest BCUT2D eigenvalue weighted by Gasteiger charge is -2.28. The molecule has 104 valence electrons.